The van der Waals surface area contributed by atoms with E-state index in [1.807, 2.05) is 18.4 Å². The van der Waals surface area contributed by atoms with E-state index in [-0.39, 0.29) is 49.0 Å². The summed E-state index contributed by atoms with van der Waals surface area (Å²) >= 11 is 1.43. The smallest absolute Gasteiger partial charge is 0.334 e. The highest BCUT2D eigenvalue weighted by Crippen LogP contribution is 2.52. The van der Waals surface area contributed by atoms with Crippen LogP contribution in [0.4, 0.5) is 4.39 Å². The summed E-state index contributed by atoms with van der Waals surface area (Å²) in [6, 6.07) is 5.98. The largest absolute Gasteiger partial charge is 0.493 e. The first-order chi connectivity index (χ1) is 23.1. The molecule has 14 nitrogen and oxygen atoms in total. The molecule has 4 atom stereocenters. The molecule has 2 aromatic carbocycles. The highest BCUT2D eigenvalue weighted by molar-refractivity contribution is 7.98. The molecule has 1 aromatic heterocycles. The number of carbonyl (C=O) groups excluding carboxylic acids is 3. The number of halogens is 1. The van der Waals surface area contributed by atoms with E-state index in [0.29, 0.717) is 40.0 Å². The average Bonchev–Trinajstić information content (AvgIpc) is 3.68. The molecular formula is C32H32FN3O11S. The Labute approximate surface area is 276 Å². The summed E-state index contributed by atoms with van der Waals surface area (Å²) in [4.78, 5) is 64.6. The topological polar surface area (TPSA) is 173 Å². The van der Waals surface area contributed by atoms with Crippen molar-refractivity contribution < 1.29 is 47.2 Å². The Morgan fingerprint density at radius 3 is 2.48 bits per heavy atom. The highest BCUT2D eigenvalue weighted by Gasteiger charge is 2.48. The second kappa shape index (κ2) is 13.6. The number of thioether (sulfide) groups is 1. The molecule has 0 spiro atoms. The first-order valence-electron chi connectivity index (χ1n) is 15.0. The van der Waals surface area contributed by atoms with Gasteiger partial charge in [0.2, 0.25) is 24.3 Å². The maximum atomic E-state index is 13.7. The molecule has 48 heavy (non-hydrogen) atoms. The zero-order chi connectivity index (χ0) is 34.1. The maximum Gasteiger partial charge on any atom is 0.334 e. The Balaban J connectivity index is 1.30. The number of cyclic esters (lactones) is 1. The van der Waals surface area contributed by atoms with E-state index in [0.717, 1.165) is 11.1 Å². The summed E-state index contributed by atoms with van der Waals surface area (Å²) in [5.74, 6) is -2.36. The van der Waals surface area contributed by atoms with E-state index in [2.05, 4.69) is 5.32 Å². The Morgan fingerprint density at radius 2 is 1.79 bits per heavy atom. The predicted molar refractivity (Wildman–Crippen MR) is 167 cm³/mol. The van der Waals surface area contributed by atoms with Crippen LogP contribution in [0, 0.1) is 17.7 Å². The predicted octanol–water partition coefficient (Wildman–Crippen LogP) is 1.74. The van der Waals surface area contributed by atoms with Gasteiger partial charge in [0.15, 0.2) is 23.0 Å². The number of hydrogen-bond donors (Lipinski definition) is 2. The number of methoxy groups -OCH3 is 2. The first-order valence-corrected chi connectivity index (χ1v) is 16.3. The number of rotatable bonds is 11. The molecule has 0 bridgehead atoms. The van der Waals surface area contributed by atoms with Gasteiger partial charge in [0.05, 0.1) is 32.9 Å². The molecule has 1 amide bonds. The molecule has 6 rings (SSSR count). The number of hydrogen-bond acceptors (Lipinski definition) is 12. The lowest BCUT2D eigenvalue weighted by Gasteiger charge is -2.34. The Morgan fingerprint density at radius 1 is 1.08 bits per heavy atom. The fourth-order valence-electron chi connectivity index (χ4n) is 6.34. The molecule has 254 valence electrons. The van der Waals surface area contributed by atoms with Crippen LogP contribution in [0.3, 0.4) is 0 Å². The lowest BCUT2D eigenvalue weighted by atomic mass is 9.67. The lowest BCUT2D eigenvalue weighted by molar-refractivity contribution is -0.141. The van der Waals surface area contributed by atoms with Gasteiger partial charge in [0.1, 0.15) is 12.6 Å². The van der Waals surface area contributed by atoms with Gasteiger partial charge in [0, 0.05) is 11.8 Å². The van der Waals surface area contributed by atoms with Crippen molar-refractivity contribution in [3.8, 4) is 28.7 Å². The second-order valence-corrected chi connectivity index (χ2v) is 12.4. The first kappa shape index (κ1) is 32.9. The van der Waals surface area contributed by atoms with E-state index in [9.17, 15) is 28.4 Å². The standard InChI is InChI=1S/C32H32FN3O11S/c1-42-23-8-16(26-18-10-22-21(45-14-46-22)7-15(18)6-17-13-44-31(40)27(17)26)9-24(43-2)28(23)47-30(39)20(4-5-48-3)34-25(37)12-36-11-19(33)29(38)35-32(36)41/h7-11,17,20,26-27H,4-6,12-14H2,1-3H3,(H,34,37)(H,35,38,41)/t17-,20+,26+,27-/m0/s1. The van der Waals surface area contributed by atoms with Crippen LogP contribution in [0.25, 0.3) is 0 Å². The third-order valence-corrected chi connectivity index (χ3v) is 9.23. The number of aromatic nitrogens is 2. The molecular weight excluding hydrogens is 653 g/mol. The normalized spacial score (nSPS) is 19.5. The number of nitrogens with zero attached hydrogens (tertiary/aromatic N) is 1. The van der Waals surface area contributed by atoms with Crippen molar-refractivity contribution in [2.75, 3.05) is 39.6 Å². The van der Waals surface area contributed by atoms with E-state index in [4.69, 9.17) is 28.4 Å². The SMILES string of the molecule is COc1cc([C@@H]2c3cc4c(cc3C[C@H]3COC(=O)[C@@H]32)OCO4)cc(OC)c1OC(=O)[C@@H](CCSC)NC(=O)Cn1cc(F)c(=O)[nH]c1=O. The number of carbonyl (C=O) groups is 3. The van der Waals surface area contributed by atoms with Gasteiger partial charge in [-0.05, 0) is 65.8 Å². The van der Waals surface area contributed by atoms with E-state index in [1.54, 1.807) is 17.1 Å². The van der Waals surface area contributed by atoms with Gasteiger partial charge in [-0.15, -0.1) is 0 Å². The van der Waals surface area contributed by atoms with Gasteiger partial charge in [-0.1, -0.05) is 0 Å². The molecule has 1 fully saturated rings. The number of benzene rings is 2. The minimum absolute atomic E-state index is 0.0525. The van der Waals surface area contributed by atoms with Crippen LogP contribution in [0.1, 0.15) is 29.0 Å². The molecule has 1 saturated heterocycles. The molecule has 1 aliphatic carbocycles. The zero-order valence-corrected chi connectivity index (χ0v) is 27.0. The van der Waals surface area contributed by atoms with E-state index in [1.165, 1.54) is 26.0 Å². The van der Waals surface area contributed by atoms with Crippen LogP contribution in [0.15, 0.2) is 40.1 Å². The van der Waals surface area contributed by atoms with E-state index < -0.39 is 53.4 Å². The van der Waals surface area contributed by atoms with Gasteiger partial charge < -0.3 is 33.7 Å². The fraction of sp³-hybridized carbons (Fsp3) is 0.406. The number of H-pyrrole nitrogens is 1. The Hall–Kier alpha value is -4.99. The molecule has 0 radical (unpaired) electrons. The van der Waals surface area contributed by atoms with Crippen LogP contribution in [-0.4, -0.2) is 73.1 Å². The van der Waals surface area contributed by atoms with Crippen molar-refractivity contribution in [1.82, 2.24) is 14.9 Å². The molecule has 0 unspecified atom stereocenters. The van der Waals surface area contributed by atoms with Crippen molar-refractivity contribution >= 4 is 29.6 Å². The quantitative estimate of drug-likeness (QED) is 0.222. The van der Waals surface area contributed by atoms with E-state index >= 15 is 0 Å². The van der Waals surface area contributed by atoms with Crippen molar-refractivity contribution in [2.24, 2.45) is 11.8 Å². The zero-order valence-electron chi connectivity index (χ0n) is 26.2. The Bertz CT molecular complexity index is 1870. The third-order valence-electron chi connectivity index (χ3n) is 8.59. The summed E-state index contributed by atoms with van der Waals surface area (Å²) in [5.41, 5.74) is 0.321. The molecule has 3 aromatic rings. The molecule has 2 N–H and O–H groups in total. The van der Waals surface area contributed by atoms with Crippen LogP contribution >= 0.6 is 11.8 Å². The fourth-order valence-corrected chi connectivity index (χ4v) is 6.81. The van der Waals surface area contributed by atoms with Crippen molar-refractivity contribution in [1.29, 1.82) is 0 Å². The molecule has 3 aliphatic rings. The molecule has 3 heterocycles. The number of ether oxygens (including phenoxy) is 6. The monoisotopic (exact) mass is 685 g/mol. The third kappa shape index (κ3) is 6.31. The molecule has 0 saturated carbocycles. The van der Waals surface area contributed by atoms with Crippen LogP contribution < -0.4 is 40.3 Å². The van der Waals surface area contributed by atoms with Crippen LogP contribution in [0.5, 0.6) is 28.7 Å². The molecule has 16 heteroatoms. The average molecular weight is 686 g/mol. The number of esters is 2. The summed E-state index contributed by atoms with van der Waals surface area (Å²) < 4.78 is 48.3. The van der Waals surface area contributed by atoms with Gasteiger partial charge >= 0.3 is 17.6 Å². The summed E-state index contributed by atoms with van der Waals surface area (Å²) in [6.45, 7) is -0.278. The molecule has 2 aliphatic heterocycles. The van der Waals surface area contributed by atoms with Gasteiger partial charge in [-0.3, -0.25) is 23.9 Å². The number of aromatic amines is 1. The maximum absolute atomic E-state index is 13.7. The van der Waals surface area contributed by atoms with Crippen molar-refractivity contribution in [2.45, 2.75) is 31.3 Å². The van der Waals surface area contributed by atoms with Crippen molar-refractivity contribution in [3.05, 3.63) is 73.8 Å². The van der Waals surface area contributed by atoms with Gasteiger partial charge in [0.25, 0.3) is 5.56 Å². The summed E-state index contributed by atoms with van der Waals surface area (Å²) in [6.07, 6.45) is 3.21. The summed E-state index contributed by atoms with van der Waals surface area (Å²) in [7, 11) is 2.78. The second-order valence-electron chi connectivity index (χ2n) is 11.4. The number of nitrogens with one attached hydrogen (secondary N) is 2. The van der Waals surface area contributed by atoms with Crippen LogP contribution in [0.2, 0.25) is 0 Å². The van der Waals surface area contributed by atoms with Crippen molar-refractivity contribution in [3.63, 3.8) is 0 Å². The summed E-state index contributed by atoms with van der Waals surface area (Å²) in [5, 5.41) is 2.53. The minimum Gasteiger partial charge on any atom is -0.493 e. The highest BCUT2D eigenvalue weighted by atomic mass is 32.2. The number of amides is 1. The minimum atomic E-state index is -1.24. The van der Waals surface area contributed by atoms with Gasteiger partial charge in [-0.2, -0.15) is 16.2 Å². The van der Waals surface area contributed by atoms with Gasteiger partial charge in [-0.25, -0.2) is 9.59 Å². The lowest BCUT2D eigenvalue weighted by Crippen LogP contribution is -2.46. The van der Waals surface area contributed by atoms with Crippen LogP contribution in [-0.2, 0) is 32.1 Å². The Kier molecular flexibility index (Phi) is 9.35. The number of fused-ring (bicyclic) bond motifs is 3.